The predicted molar refractivity (Wildman–Crippen MR) is 74.9 cm³/mol. The standard InChI is InChI=1S/C15H18N2O2/c1-11(15(18)19)9-17(2)10-13-8-7-12-5-3-4-6-14(12)16-13/h3-8,11H,9-10H2,1-2H3,(H,18,19). The second-order valence-electron chi connectivity index (χ2n) is 4.93. The fraction of sp³-hybridized carbons (Fsp3) is 0.333. The SMILES string of the molecule is CC(CN(C)Cc1ccc2ccccc2n1)C(=O)O. The lowest BCUT2D eigenvalue weighted by atomic mass is 10.1. The summed E-state index contributed by atoms with van der Waals surface area (Å²) >= 11 is 0. The van der Waals surface area contributed by atoms with Gasteiger partial charge in [-0.3, -0.25) is 14.7 Å². The first-order valence-corrected chi connectivity index (χ1v) is 6.32. The molecule has 100 valence electrons. The highest BCUT2D eigenvalue weighted by molar-refractivity contribution is 5.78. The van der Waals surface area contributed by atoms with Crippen LogP contribution in [0.3, 0.4) is 0 Å². The van der Waals surface area contributed by atoms with Crippen molar-refractivity contribution in [2.24, 2.45) is 5.92 Å². The maximum Gasteiger partial charge on any atom is 0.307 e. The molecule has 19 heavy (non-hydrogen) atoms. The molecule has 1 aromatic heterocycles. The first-order valence-electron chi connectivity index (χ1n) is 6.32. The number of carboxylic acids is 1. The van der Waals surface area contributed by atoms with E-state index in [9.17, 15) is 4.79 Å². The first-order chi connectivity index (χ1) is 9.06. The normalized spacial score (nSPS) is 12.8. The van der Waals surface area contributed by atoms with Crippen molar-refractivity contribution in [3.63, 3.8) is 0 Å². The number of aliphatic carboxylic acids is 1. The average molecular weight is 258 g/mol. The van der Waals surface area contributed by atoms with Crippen molar-refractivity contribution in [3.8, 4) is 0 Å². The smallest absolute Gasteiger partial charge is 0.307 e. The molecule has 0 fully saturated rings. The maximum absolute atomic E-state index is 10.8. The maximum atomic E-state index is 10.8. The Morgan fingerprint density at radius 2 is 2.05 bits per heavy atom. The molecule has 0 saturated heterocycles. The van der Waals surface area contributed by atoms with Gasteiger partial charge in [0.2, 0.25) is 0 Å². The van der Waals surface area contributed by atoms with Crippen LogP contribution in [-0.2, 0) is 11.3 Å². The van der Waals surface area contributed by atoms with E-state index in [0.29, 0.717) is 13.1 Å². The van der Waals surface area contributed by atoms with E-state index in [4.69, 9.17) is 5.11 Å². The summed E-state index contributed by atoms with van der Waals surface area (Å²) in [7, 11) is 1.91. The van der Waals surface area contributed by atoms with Crippen LogP contribution in [0.4, 0.5) is 0 Å². The van der Waals surface area contributed by atoms with Crippen LogP contribution in [0, 0.1) is 5.92 Å². The molecule has 0 aliphatic rings. The molecule has 2 rings (SSSR count). The van der Waals surface area contributed by atoms with Crippen molar-refractivity contribution in [1.29, 1.82) is 0 Å². The van der Waals surface area contributed by atoms with Gasteiger partial charge in [-0.05, 0) is 19.2 Å². The third-order valence-electron chi connectivity index (χ3n) is 3.10. The van der Waals surface area contributed by atoms with Gasteiger partial charge in [0.15, 0.2) is 0 Å². The number of aromatic nitrogens is 1. The molecule has 0 amide bonds. The summed E-state index contributed by atoms with van der Waals surface area (Å²) in [6.45, 7) is 2.89. The summed E-state index contributed by atoms with van der Waals surface area (Å²) in [6.07, 6.45) is 0. The van der Waals surface area contributed by atoms with E-state index >= 15 is 0 Å². The van der Waals surface area contributed by atoms with E-state index in [1.807, 2.05) is 48.3 Å². The van der Waals surface area contributed by atoms with Crippen molar-refractivity contribution >= 4 is 16.9 Å². The monoisotopic (exact) mass is 258 g/mol. The van der Waals surface area contributed by atoms with Crippen molar-refractivity contribution in [1.82, 2.24) is 9.88 Å². The summed E-state index contributed by atoms with van der Waals surface area (Å²) in [5, 5.41) is 10.0. The molecule has 1 atom stereocenters. The molecule has 1 N–H and O–H groups in total. The van der Waals surface area contributed by atoms with Crippen LogP contribution in [0.2, 0.25) is 0 Å². The largest absolute Gasteiger partial charge is 0.481 e. The summed E-state index contributed by atoms with van der Waals surface area (Å²) in [6, 6.07) is 12.0. The average Bonchev–Trinajstić information content (AvgIpc) is 2.38. The number of nitrogens with zero attached hydrogens (tertiary/aromatic N) is 2. The highest BCUT2D eigenvalue weighted by Gasteiger charge is 2.13. The quantitative estimate of drug-likeness (QED) is 0.894. The van der Waals surface area contributed by atoms with E-state index in [2.05, 4.69) is 4.98 Å². The molecular formula is C15H18N2O2. The highest BCUT2D eigenvalue weighted by Crippen LogP contribution is 2.13. The first kappa shape index (κ1) is 13.5. The predicted octanol–water partition coefficient (Wildman–Crippen LogP) is 2.39. The van der Waals surface area contributed by atoms with Crippen LogP contribution in [0.1, 0.15) is 12.6 Å². The van der Waals surface area contributed by atoms with E-state index in [-0.39, 0.29) is 5.92 Å². The zero-order valence-electron chi connectivity index (χ0n) is 11.2. The Balaban J connectivity index is 2.06. The van der Waals surface area contributed by atoms with Crippen LogP contribution in [0.25, 0.3) is 10.9 Å². The Kier molecular flexibility index (Phi) is 4.12. The molecule has 0 radical (unpaired) electrons. The lowest BCUT2D eigenvalue weighted by molar-refractivity contribution is -0.141. The van der Waals surface area contributed by atoms with E-state index < -0.39 is 5.97 Å². The number of benzene rings is 1. The molecule has 2 aromatic rings. The number of carbonyl (C=O) groups is 1. The highest BCUT2D eigenvalue weighted by atomic mass is 16.4. The fourth-order valence-corrected chi connectivity index (χ4v) is 2.08. The fourth-order valence-electron chi connectivity index (χ4n) is 2.08. The number of pyridine rings is 1. The molecule has 4 nitrogen and oxygen atoms in total. The van der Waals surface area contributed by atoms with Gasteiger partial charge in [-0.2, -0.15) is 0 Å². The molecular weight excluding hydrogens is 240 g/mol. The molecule has 0 bridgehead atoms. The third kappa shape index (κ3) is 3.51. The minimum atomic E-state index is -0.765. The Morgan fingerprint density at radius 1 is 1.32 bits per heavy atom. The van der Waals surface area contributed by atoms with Crippen molar-refractivity contribution in [2.75, 3.05) is 13.6 Å². The minimum absolute atomic E-state index is 0.370. The molecule has 0 aliphatic carbocycles. The van der Waals surface area contributed by atoms with E-state index in [0.717, 1.165) is 16.6 Å². The molecule has 0 spiro atoms. The van der Waals surface area contributed by atoms with Gasteiger partial charge in [0.25, 0.3) is 0 Å². The topological polar surface area (TPSA) is 53.4 Å². The van der Waals surface area contributed by atoms with Crippen molar-refractivity contribution < 1.29 is 9.90 Å². The van der Waals surface area contributed by atoms with Gasteiger partial charge in [0.05, 0.1) is 17.1 Å². The van der Waals surface area contributed by atoms with Crippen LogP contribution >= 0.6 is 0 Å². The Morgan fingerprint density at radius 3 is 2.79 bits per heavy atom. The molecule has 0 saturated carbocycles. The number of rotatable bonds is 5. The number of hydrogen-bond donors (Lipinski definition) is 1. The van der Waals surface area contributed by atoms with Gasteiger partial charge in [0, 0.05) is 18.5 Å². The van der Waals surface area contributed by atoms with Crippen LogP contribution in [0.5, 0.6) is 0 Å². The van der Waals surface area contributed by atoms with Gasteiger partial charge in [0.1, 0.15) is 0 Å². The second-order valence-corrected chi connectivity index (χ2v) is 4.93. The van der Waals surface area contributed by atoms with Gasteiger partial charge in [-0.1, -0.05) is 31.2 Å². The van der Waals surface area contributed by atoms with Crippen LogP contribution in [0.15, 0.2) is 36.4 Å². The van der Waals surface area contributed by atoms with Crippen molar-refractivity contribution in [3.05, 3.63) is 42.1 Å². The minimum Gasteiger partial charge on any atom is -0.481 e. The van der Waals surface area contributed by atoms with Crippen LogP contribution in [-0.4, -0.2) is 34.6 Å². The summed E-state index contributed by atoms with van der Waals surface area (Å²) in [5.41, 5.74) is 1.93. The summed E-state index contributed by atoms with van der Waals surface area (Å²) in [5.74, 6) is -1.14. The molecule has 1 heterocycles. The third-order valence-corrected chi connectivity index (χ3v) is 3.10. The van der Waals surface area contributed by atoms with Gasteiger partial charge in [-0.15, -0.1) is 0 Å². The molecule has 4 heteroatoms. The second kappa shape index (κ2) is 5.80. The number of para-hydroxylation sites is 1. The Bertz CT molecular complexity index is 583. The van der Waals surface area contributed by atoms with Crippen molar-refractivity contribution in [2.45, 2.75) is 13.5 Å². The Hall–Kier alpha value is -1.94. The molecule has 1 aromatic carbocycles. The number of carboxylic acid groups (broad SMARTS) is 1. The number of fused-ring (bicyclic) bond motifs is 1. The van der Waals surface area contributed by atoms with Gasteiger partial charge >= 0.3 is 5.97 Å². The van der Waals surface area contributed by atoms with Gasteiger partial charge in [-0.25, -0.2) is 0 Å². The number of hydrogen-bond acceptors (Lipinski definition) is 3. The van der Waals surface area contributed by atoms with E-state index in [1.54, 1.807) is 6.92 Å². The molecule has 0 aliphatic heterocycles. The van der Waals surface area contributed by atoms with E-state index in [1.165, 1.54) is 0 Å². The summed E-state index contributed by atoms with van der Waals surface area (Å²) < 4.78 is 0. The van der Waals surface area contributed by atoms with Gasteiger partial charge < -0.3 is 5.11 Å². The zero-order valence-corrected chi connectivity index (χ0v) is 11.2. The zero-order chi connectivity index (χ0) is 13.8. The summed E-state index contributed by atoms with van der Waals surface area (Å²) in [4.78, 5) is 17.4. The van der Waals surface area contributed by atoms with Crippen LogP contribution < -0.4 is 0 Å². The Labute approximate surface area is 112 Å². The lowest BCUT2D eigenvalue weighted by Gasteiger charge is -2.18. The lowest BCUT2D eigenvalue weighted by Crippen LogP contribution is -2.28. The molecule has 1 unspecified atom stereocenters.